The molecular formula is C20H34O. The van der Waals surface area contributed by atoms with Crippen LogP contribution in [-0.4, -0.2) is 10.7 Å². The molecule has 120 valence electrons. The highest BCUT2D eigenvalue weighted by Crippen LogP contribution is 2.25. The highest BCUT2D eigenvalue weighted by molar-refractivity contribution is 5.08. The highest BCUT2D eigenvalue weighted by Gasteiger charge is 2.17. The molecule has 1 aliphatic carbocycles. The van der Waals surface area contributed by atoms with Crippen molar-refractivity contribution in [3.63, 3.8) is 0 Å². The SMILES string of the molecule is C/C1=C\CC[C@](C)(O)/C=C/[C@@H](C(C)C)CC/C(C)=C/CC1. The van der Waals surface area contributed by atoms with Gasteiger partial charge >= 0.3 is 0 Å². The van der Waals surface area contributed by atoms with Crippen molar-refractivity contribution in [1.29, 1.82) is 0 Å². The fraction of sp³-hybridized carbons (Fsp3) is 0.700. The summed E-state index contributed by atoms with van der Waals surface area (Å²) in [6.07, 6.45) is 15.4. The van der Waals surface area contributed by atoms with Crippen LogP contribution in [0.2, 0.25) is 0 Å². The van der Waals surface area contributed by atoms with E-state index in [9.17, 15) is 5.11 Å². The lowest BCUT2D eigenvalue weighted by atomic mass is 9.87. The van der Waals surface area contributed by atoms with Crippen LogP contribution in [0.4, 0.5) is 0 Å². The number of hydrogen-bond donors (Lipinski definition) is 1. The quantitative estimate of drug-likeness (QED) is 0.604. The van der Waals surface area contributed by atoms with Crippen molar-refractivity contribution >= 4 is 0 Å². The second-order valence-corrected chi connectivity index (χ2v) is 7.34. The minimum Gasteiger partial charge on any atom is -0.386 e. The van der Waals surface area contributed by atoms with E-state index < -0.39 is 5.60 Å². The molecule has 0 aliphatic heterocycles. The Balaban J connectivity index is 2.87. The molecule has 0 aromatic heterocycles. The maximum absolute atomic E-state index is 10.5. The van der Waals surface area contributed by atoms with Crippen LogP contribution in [0.5, 0.6) is 0 Å². The van der Waals surface area contributed by atoms with Crippen LogP contribution in [-0.2, 0) is 0 Å². The maximum Gasteiger partial charge on any atom is 0.0802 e. The summed E-state index contributed by atoms with van der Waals surface area (Å²) in [5, 5.41) is 10.5. The normalized spacial score (nSPS) is 36.2. The van der Waals surface area contributed by atoms with Crippen molar-refractivity contribution in [2.24, 2.45) is 11.8 Å². The summed E-state index contributed by atoms with van der Waals surface area (Å²) < 4.78 is 0. The summed E-state index contributed by atoms with van der Waals surface area (Å²) >= 11 is 0. The molecule has 0 heterocycles. The fourth-order valence-corrected chi connectivity index (χ4v) is 2.82. The number of allylic oxidation sites excluding steroid dienone is 5. The van der Waals surface area contributed by atoms with Crippen LogP contribution < -0.4 is 0 Å². The van der Waals surface area contributed by atoms with Crippen LogP contribution in [0.1, 0.15) is 73.1 Å². The Morgan fingerprint density at radius 2 is 1.71 bits per heavy atom. The van der Waals surface area contributed by atoms with E-state index in [0.29, 0.717) is 11.8 Å². The molecule has 0 unspecified atom stereocenters. The van der Waals surface area contributed by atoms with Crippen LogP contribution in [0.15, 0.2) is 35.5 Å². The zero-order valence-electron chi connectivity index (χ0n) is 14.7. The first-order valence-corrected chi connectivity index (χ1v) is 8.53. The lowest BCUT2D eigenvalue weighted by Crippen LogP contribution is -2.21. The largest absolute Gasteiger partial charge is 0.386 e. The van der Waals surface area contributed by atoms with Gasteiger partial charge in [0.05, 0.1) is 5.60 Å². The van der Waals surface area contributed by atoms with E-state index in [-0.39, 0.29) is 0 Å². The zero-order valence-corrected chi connectivity index (χ0v) is 14.7. The number of rotatable bonds is 1. The molecule has 0 saturated heterocycles. The molecule has 0 amide bonds. The summed E-state index contributed by atoms with van der Waals surface area (Å²) in [4.78, 5) is 0. The van der Waals surface area contributed by atoms with Gasteiger partial charge in [0.1, 0.15) is 0 Å². The molecule has 0 aromatic rings. The molecule has 0 aromatic carbocycles. The first-order valence-electron chi connectivity index (χ1n) is 8.53. The fourth-order valence-electron chi connectivity index (χ4n) is 2.82. The second kappa shape index (κ2) is 8.58. The lowest BCUT2D eigenvalue weighted by molar-refractivity contribution is 0.102. The lowest BCUT2D eigenvalue weighted by Gasteiger charge is -2.22. The minimum atomic E-state index is -0.682. The Bertz CT molecular complexity index is 396. The second-order valence-electron chi connectivity index (χ2n) is 7.34. The summed E-state index contributed by atoms with van der Waals surface area (Å²) in [6.45, 7) is 10.9. The molecule has 0 spiro atoms. The Morgan fingerprint density at radius 3 is 2.38 bits per heavy atom. The van der Waals surface area contributed by atoms with Gasteiger partial charge in [-0.3, -0.25) is 0 Å². The van der Waals surface area contributed by atoms with Crippen molar-refractivity contribution in [2.45, 2.75) is 78.7 Å². The van der Waals surface area contributed by atoms with Gasteiger partial charge in [-0.1, -0.05) is 49.3 Å². The van der Waals surface area contributed by atoms with Gasteiger partial charge in [-0.25, -0.2) is 0 Å². The molecule has 0 fully saturated rings. The van der Waals surface area contributed by atoms with Crippen molar-refractivity contribution in [2.75, 3.05) is 0 Å². The zero-order chi connectivity index (χ0) is 15.9. The van der Waals surface area contributed by atoms with E-state index in [1.165, 1.54) is 17.6 Å². The first-order chi connectivity index (χ1) is 9.80. The van der Waals surface area contributed by atoms with Gasteiger partial charge < -0.3 is 5.11 Å². The summed E-state index contributed by atoms with van der Waals surface area (Å²) in [5.41, 5.74) is 2.26. The smallest absolute Gasteiger partial charge is 0.0802 e. The Hall–Kier alpha value is -0.820. The molecule has 1 heteroatoms. The summed E-state index contributed by atoms with van der Waals surface area (Å²) in [7, 11) is 0. The highest BCUT2D eigenvalue weighted by atomic mass is 16.3. The average molecular weight is 290 g/mol. The predicted octanol–water partition coefficient (Wildman–Crippen LogP) is 5.81. The monoisotopic (exact) mass is 290 g/mol. The van der Waals surface area contributed by atoms with Gasteiger partial charge in [0.15, 0.2) is 0 Å². The van der Waals surface area contributed by atoms with Gasteiger partial charge in [0, 0.05) is 0 Å². The summed E-state index contributed by atoms with van der Waals surface area (Å²) in [5.74, 6) is 1.18. The molecule has 1 rings (SSSR count). The van der Waals surface area contributed by atoms with Crippen molar-refractivity contribution < 1.29 is 5.11 Å². The Kier molecular flexibility index (Phi) is 7.45. The van der Waals surface area contributed by atoms with E-state index in [0.717, 1.165) is 32.1 Å². The third-order valence-electron chi connectivity index (χ3n) is 4.61. The third-order valence-corrected chi connectivity index (χ3v) is 4.61. The van der Waals surface area contributed by atoms with Crippen LogP contribution in [0, 0.1) is 11.8 Å². The van der Waals surface area contributed by atoms with E-state index in [1.807, 2.05) is 13.0 Å². The maximum atomic E-state index is 10.5. The molecule has 0 radical (unpaired) electrons. The van der Waals surface area contributed by atoms with Crippen molar-refractivity contribution in [3.8, 4) is 0 Å². The van der Waals surface area contributed by atoms with Gasteiger partial charge in [0.2, 0.25) is 0 Å². The topological polar surface area (TPSA) is 20.2 Å². The molecule has 21 heavy (non-hydrogen) atoms. The minimum absolute atomic E-state index is 0.556. The number of hydrogen-bond acceptors (Lipinski definition) is 1. The first kappa shape index (κ1) is 18.2. The predicted molar refractivity (Wildman–Crippen MR) is 93.3 cm³/mol. The van der Waals surface area contributed by atoms with Gasteiger partial charge in [-0.2, -0.15) is 0 Å². The Morgan fingerprint density at radius 1 is 1.10 bits per heavy atom. The van der Waals surface area contributed by atoms with Crippen LogP contribution >= 0.6 is 0 Å². The molecule has 2 atom stereocenters. The standard InChI is InChI=1S/C20H34O/c1-16(2)19-12-11-18(4)9-6-8-17(3)10-7-14-20(5,21)15-13-19/h9-10,13,15-16,19,21H,6-8,11-12,14H2,1-5H3/b15-13+,17-10+,18-9+/t19-,20-/m0/s1. The van der Waals surface area contributed by atoms with E-state index in [1.54, 1.807) is 0 Å². The van der Waals surface area contributed by atoms with Crippen LogP contribution in [0.25, 0.3) is 0 Å². The van der Waals surface area contributed by atoms with E-state index in [2.05, 4.69) is 45.9 Å². The van der Waals surface area contributed by atoms with Crippen LogP contribution in [0.3, 0.4) is 0 Å². The molecular weight excluding hydrogens is 256 g/mol. The van der Waals surface area contributed by atoms with Gasteiger partial charge in [0.25, 0.3) is 0 Å². The van der Waals surface area contributed by atoms with Gasteiger partial charge in [-0.15, -0.1) is 0 Å². The third kappa shape index (κ3) is 7.66. The number of aliphatic hydroxyl groups is 1. The van der Waals surface area contributed by atoms with E-state index in [4.69, 9.17) is 0 Å². The Labute approximate surface area is 131 Å². The molecule has 0 saturated carbocycles. The average Bonchev–Trinajstić information content (AvgIpc) is 2.37. The molecule has 1 N–H and O–H groups in total. The summed E-state index contributed by atoms with van der Waals surface area (Å²) in [6, 6.07) is 0. The molecule has 0 bridgehead atoms. The van der Waals surface area contributed by atoms with Crippen molar-refractivity contribution in [1.82, 2.24) is 0 Å². The molecule has 1 aliphatic rings. The van der Waals surface area contributed by atoms with E-state index >= 15 is 0 Å². The molecule has 1 nitrogen and oxygen atoms in total. The van der Waals surface area contributed by atoms with Crippen molar-refractivity contribution in [3.05, 3.63) is 35.5 Å². The van der Waals surface area contributed by atoms with Gasteiger partial charge in [-0.05, 0) is 71.1 Å².